The molecule has 0 radical (unpaired) electrons. The van der Waals surface area contributed by atoms with E-state index in [-0.39, 0.29) is 35.3 Å². The fourth-order valence-corrected chi connectivity index (χ4v) is 7.11. The largest absolute Gasteiger partial charge is 1.00 e. The number of carboxylic acids is 1. The normalized spacial score (nSPS) is 11.6. The van der Waals surface area contributed by atoms with Gasteiger partial charge in [0.25, 0.3) is 0 Å². The van der Waals surface area contributed by atoms with Crippen molar-refractivity contribution in [3.63, 3.8) is 0 Å². The molecular formula is C43H32N3NaO3S. The maximum atomic E-state index is 12.8. The summed E-state index contributed by atoms with van der Waals surface area (Å²) in [5.74, 6) is -1.51. The van der Waals surface area contributed by atoms with Gasteiger partial charge in [-0.25, -0.2) is 4.98 Å². The van der Waals surface area contributed by atoms with Crippen molar-refractivity contribution >= 4 is 28.1 Å². The molecule has 0 saturated carbocycles. The molecule has 51 heavy (non-hydrogen) atoms. The number of carbonyl (C=O) groups is 1. The molecule has 244 valence electrons. The Balaban J connectivity index is 0.00000448. The Labute approximate surface area is 323 Å². The molecule has 0 spiro atoms. The second-order valence-corrected chi connectivity index (χ2v) is 12.5. The molecule has 0 bridgehead atoms. The van der Waals surface area contributed by atoms with Gasteiger partial charge in [0.1, 0.15) is 11.2 Å². The van der Waals surface area contributed by atoms with E-state index in [0.717, 1.165) is 33.4 Å². The van der Waals surface area contributed by atoms with Gasteiger partial charge in [0.05, 0.1) is 5.97 Å². The van der Waals surface area contributed by atoms with Crippen molar-refractivity contribution in [1.29, 1.82) is 0 Å². The second kappa shape index (κ2) is 16.1. The first-order chi connectivity index (χ1) is 24.6. The molecule has 0 aliphatic carbocycles. The molecule has 0 atom stereocenters. The van der Waals surface area contributed by atoms with Gasteiger partial charge in [-0.3, -0.25) is 0 Å². The minimum absolute atomic E-state index is 0. The van der Waals surface area contributed by atoms with Crippen LogP contribution < -0.4 is 40.0 Å². The van der Waals surface area contributed by atoms with E-state index in [4.69, 9.17) is 9.82 Å². The summed E-state index contributed by atoms with van der Waals surface area (Å²) in [5.41, 5.74) is 2.87. The third kappa shape index (κ3) is 7.16. The van der Waals surface area contributed by atoms with Crippen molar-refractivity contribution in [2.75, 3.05) is 5.32 Å². The van der Waals surface area contributed by atoms with Gasteiger partial charge in [0.15, 0.2) is 10.8 Å². The number of nitrogens with one attached hydrogen (secondary N) is 1. The zero-order valence-corrected chi connectivity index (χ0v) is 30.7. The zero-order valence-electron chi connectivity index (χ0n) is 27.9. The molecule has 1 aromatic heterocycles. The number of oxime groups is 1. The predicted octanol–water partition coefficient (Wildman–Crippen LogP) is 5.01. The molecule has 0 fully saturated rings. The van der Waals surface area contributed by atoms with Crippen LogP contribution in [-0.4, -0.2) is 16.7 Å². The number of benzene rings is 6. The van der Waals surface area contributed by atoms with Crippen molar-refractivity contribution in [3.8, 4) is 0 Å². The molecule has 1 heterocycles. The minimum Gasteiger partial charge on any atom is -0.543 e. The van der Waals surface area contributed by atoms with Crippen LogP contribution in [0.2, 0.25) is 0 Å². The zero-order chi connectivity index (χ0) is 34.2. The predicted molar refractivity (Wildman–Crippen MR) is 197 cm³/mol. The standard InChI is InChI=1S/C43H33N3O3S.Na/c47-40(48)39(46-49-43(35-25-13-4-14-26-35,36-27-15-5-16-28-36)37-29-17-6-18-30-37)38-31-50-41(44-38)45-42(32-19-7-1-8-20-32,33-21-9-2-10-22-33)34-23-11-3-12-24-34;/h1-31H,(H,44,45)(H,47,48);/q;+1/p-1/b46-39+;. The fourth-order valence-electron chi connectivity index (χ4n) is 6.36. The summed E-state index contributed by atoms with van der Waals surface area (Å²) in [6.07, 6.45) is 0. The fraction of sp³-hybridized carbons (Fsp3) is 0.0465. The van der Waals surface area contributed by atoms with E-state index >= 15 is 0 Å². The molecule has 0 unspecified atom stereocenters. The Bertz CT molecular complexity index is 1990. The van der Waals surface area contributed by atoms with Gasteiger partial charge in [-0.15, -0.1) is 11.3 Å². The van der Waals surface area contributed by atoms with E-state index in [1.165, 1.54) is 11.3 Å². The van der Waals surface area contributed by atoms with Crippen molar-refractivity contribution < 1.29 is 44.3 Å². The molecule has 0 saturated heterocycles. The first-order valence-corrected chi connectivity index (χ1v) is 17.0. The van der Waals surface area contributed by atoms with Crippen molar-refractivity contribution in [3.05, 3.63) is 226 Å². The number of carbonyl (C=O) groups excluding carboxylic acids is 1. The van der Waals surface area contributed by atoms with Gasteiger partial charge in [-0.1, -0.05) is 187 Å². The molecule has 0 aliphatic heterocycles. The molecule has 8 heteroatoms. The average molecular weight is 694 g/mol. The van der Waals surface area contributed by atoms with Crippen LogP contribution in [0.3, 0.4) is 0 Å². The van der Waals surface area contributed by atoms with Gasteiger partial charge in [0, 0.05) is 22.1 Å². The number of anilines is 1. The Morgan fingerprint density at radius 3 is 1.24 bits per heavy atom. The number of hydrogen-bond acceptors (Lipinski definition) is 7. The molecule has 0 amide bonds. The smallest absolute Gasteiger partial charge is 0.543 e. The Kier molecular flexibility index (Phi) is 11.2. The number of thiazole rings is 1. The molecule has 7 aromatic rings. The van der Waals surface area contributed by atoms with E-state index in [1.807, 2.05) is 146 Å². The molecular weight excluding hydrogens is 662 g/mol. The summed E-state index contributed by atoms with van der Waals surface area (Å²) in [6, 6.07) is 59.3. The van der Waals surface area contributed by atoms with Crippen molar-refractivity contribution in [2.24, 2.45) is 5.16 Å². The number of aliphatic carboxylic acids is 1. The third-order valence-electron chi connectivity index (χ3n) is 8.67. The van der Waals surface area contributed by atoms with Gasteiger partial charge in [0.2, 0.25) is 5.60 Å². The Morgan fingerprint density at radius 2 is 0.902 bits per heavy atom. The van der Waals surface area contributed by atoms with Crippen LogP contribution in [0.4, 0.5) is 5.13 Å². The van der Waals surface area contributed by atoms with E-state index in [2.05, 4.69) is 46.9 Å². The number of aromatic nitrogens is 1. The van der Waals surface area contributed by atoms with Crippen LogP contribution in [0.5, 0.6) is 0 Å². The van der Waals surface area contributed by atoms with Crippen LogP contribution in [0.25, 0.3) is 0 Å². The first-order valence-electron chi connectivity index (χ1n) is 16.2. The van der Waals surface area contributed by atoms with E-state index < -0.39 is 22.8 Å². The number of nitrogens with zero attached hydrogens (tertiary/aromatic N) is 2. The number of carboxylic acid groups (broad SMARTS) is 1. The van der Waals surface area contributed by atoms with Gasteiger partial charge >= 0.3 is 29.6 Å². The Hall–Kier alpha value is -5.31. The quantitative estimate of drug-likeness (QED) is 0.0842. The second-order valence-electron chi connectivity index (χ2n) is 11.6. The number of rotatable bonds is 12. The molecule has 7 rings (SSSR count). The topological polar surface area (TPSA) is 86.6 Å². The maximum absolute atomic E-state index is 12.8. The minimum atomic E-state index is -1.51. The number of hydrogen-bond donors (Lipinski definition) is 1. The summed E-state index contributed by atoms with van der Waals surface area (Å²) in [4.78, 5) is 24.1. The van der Waals surface area contributed by atoms with Gasteiger partial charge in [-0.2, -0.15) is 0 Å². The van der Waals surface area contributed by atoms with Crippen LogP contribution in [0, 0.1) is 0 Å². The van der Waals surface area contributed by atoms with Crippen molar-refractivity contribution in [2.45, 2.75) is 11.1 Å². The van der Waals surface area contributed by atoms with Crippen LogP contribution in [0.1, 0.15) is 39.1 Å². The Morgan fingerprint density at radius 1 is 0.569 bits per heavy atom. The summed E-state index contributed by atoms with van der Waals surface area (Å²) >= 11 is 1.28. The van der Waals surface area contributed by atoms with Gasteiger partial charge < -0.3 is 20.1 Å². The van der Waals surface area contributed by atoms with Gasteiger partial charge in [-0.05, 0) is 16.7 Å². The molecule has 6 nitrogen and oxygen atoms in total. The molecule has 1 N–H and O–H groups in total. The van der Waals surface area contributed by atoms with Crippen LogP contribution >= 0.6 is 11.3 Å². The monoisotopic (exact) mass is 693 g/mol. The SMILES string of the molecule is O=C([O-])/C(=N/OC(c1ccccc1)(c1ccccc1)c1ccccc1)c1csc(NC(c2ccccc2)(c2ccccc2)c2ccccc2)n1.[Na+]. The summed E-state index contributed by atoms with van der Waals surface area (Å²) in [5, 5.41) is 23.0. The van der Waals surface area contributed by atoms with E-state index in [9.17, 15) is 9.90 Å². The average Bonchev–Trinajstić information content (AvgIpc) is 3.65. The molecule has 6 aromatic carbocycles. The molecule has 0 aliphatic rings. The summed E-state index contributed by atoms with van der Waals surface area (Å²) < 4.78 is 0. The summed E-state index contributed by atoms with van der Waals surface area (Å²) in [6.45, 7) is 0. The van der Waals surface area contributed by atoms with Crippen LogP contribution in [-0.2, 0) is 20.8 Å². The van der Waals surface area contributed by atoms with Crippen LogP contribution in [0.15, 0.2) is 193 Å². The maximum Gasteiger partial charge on any atom is 1.00 e. The van der Waals surface area contributed by atoms with E-state index in [0.29, 0.717) is 5.13 Å². The summed E-state index contributed by atoms with van der Waals surface area (Å²) in [7, 11) is 0. The third-order valence-corrected chi connectivity index (χ3v) is 9.43. The van der Waals surface area contributed by atoms with Crippen molar-refractivity contribution in [1.82, 2.24) is 4.98 Å². The first kappa shape index (κ1) is 35.5. The van der Waals surface area contributed by atoms with E-state index in [1.54, 1.807) is 5.38 Å².